The van der Waals surface area contributed by atoms with Gasteiger partial charge < -0.3 is 9.80 Å². The van der Waals surface area contributed by atoms with Gasteiger partial charge in [0.15, 0.2) is 0 Å². The summed E-state index contributed by atoms with van der Waals surface area (Å²) in [7, 11) is 0. The lowest BCUT2D eigenvalue weighted by Crippen LogP contribution is -2.13. The summed E-state index contributed by atoms with van der Waals surface area (Å²) in [6.45, 7) is 4.27. The van der Waals surface area contributed by atoms with E-state index >= 15 is 0 Å². The van der Waals surface area contributed by atoms with E-state index in [1.165, 1.54) is 33.0 Å². The molecule has 0 aliphatic rings. The first-order valence-electron chi connectivity index (χ1n) is 18.5. The number of nitrogens with zero attached hydrogens (tertiary/aromatic N) is 2. The highest BCUT2D eigenvalue weighted by Gasteiger charge is 2.20. The van der Waals surface area contributed by atoms with Gasteiger partial charge in [-0.05, 0) is 96.8 Å². The smallest absolute Gasteiger partial charge is 0.0541 e. The summed E-state index contributed by atoms with van der Waals surface area (Å²) < 4.78 is 0. The molecular weight excluding hydrogens is 653 g/mol. The Morgan fingerprint density at radius 3 is 0.889 bits per heavy atom. The third-order valence-electron chi connectivity index (χ3n) is 9.78. The molecule has 0 aliphatic carbocycles. The van der Waals surface area contributed by atoms with Crippen molar-refractivity contribution in [1.82, 2.24) is 0 Å². The van der Waals surface area contributed by atoms with Crippen molar-refractivity contribution < 1.29 is 0 Å². The van der Waals surface area contributed by atoms with Crippen LogP contribution in [0, 0.1) is 13.8 Å². The van der Waals surface area contributed by atoms with E-state index in [-0.39, 0.29) is 0 Å². The van der Waals surface area contributed by atoms with Crippen molar-refractivity contribution in [3.8, 4) is 0 Å². The molecule has 0 atom stereocenters. The van der Waals surface area contributed by atoms with Crippen molar-refractivity contribution in [2.45, 2.75) is 13.8 Å². The molecule has 0 saturated carbocycles. The molecule has 0 fully saturated rings. The molecule has 0 N–H and O–H groups in total. The predicted octanol–water partition coefficient (Wildman–Crippen LogP) is 14.7. The van der Waals surface area contributed by atoms with Crippen LogP contribution in [0.3, 0.4) is 0 Å². The Balaban J connectivity index is 1.21. The molecule has 2 nitrogen and oxygen atoms in total. The van der Waals surface area contributed by atoms with Crippen molar-refractivity contribution in [3.63, 3.8) is 0 Å². The van der Waals surface area contributed by atoms with Gasteiger partial charge in [-0.2, -0.15) is 0 Å². The van der Waals surface area contributed by atoms with Gasteiger partial charge in [0.05, 0.1) is 11.4 Å². The molecule has 8 aromatic rings. The summed E-state index contributed by atoms with van der Waals surface area (Å²) in [4.78, 5) is 4.75. The Hall–Kier alpha value is -6.90. The van der Waals surface area contributed by atoms with Crippen LogP contribution in [0.25, 0.3) is 35.1 Å². The van der Waals surface area contributed by atoms with Crippen LogP contribution in [0.1, 0.15) is 33.4 Å². The van der Waals surface area contributed by atoms with E-state index < -0.39 is 0 Å². The number of fused-ring (bicyclic) bond motifs is 1. The first kappa shape index (κ1) is 34.2. The summed E-state index contributed by atoms with van der Waals surface area (Å²) in [5, 5.41) is 2.34. The monoisotopic (exact) mass is 694 g/mol. The summed E-state index contributed by atoms with van der Waals surface area (Å²) in [5.74, 6) is 0. The Labute approximate surface area is 319 Å². The molecule has 0 aliphatic heterocycles. The maximum Gasteiger partial charge on any atom is 0.0541 e. The topological polar surface area (TPSA) is 6.48 Å². The summed E-state index contributed by atoms with van der Waals surface area (Å²) in [6.07, 6.45) is 8.66. The molecule has 8 rings (SSSR count). The van der Waals surface area contributed by atoms with E-state index in [9.17, 15) is 0 Å². The molecule has 0 aromatic heterocycles. The number of aryl methyl sites for hydroxylation is 2. The molecule has 0 saturated heterocycles. The zero-order valence-electron chi connectivity index (χ0n) is 30.7. The Kier molecular flexibility index (Phi) is 9.99. The highest BCUT2D eigenvalue weighted by atomic mass is 15.2. The van der Waals surface area contributed by atoms with Crippen LogP contribution in [0.5, 0.6) is 0 Å². The van der Waals surface area contributed by atoms with Crippen molar-refractivity contribution in [2.75, 3.05) is 9.80 Å². The fourth-order valence-electron chi connectivity index (χ4n) is 6.88. The number of anilines is 6. The molecule has 0 radical (unpaired) electrons. The summed E-state index contributed by atoms with van der Waals surface area (Å²) >= 11 is 0. The van der Waals surface area contributed by atoms with E-state index in [0.29, 0.717) is 0 Å². The number of hydrogen-bond acceptors (Lipinski definition) is 2. The van der Waals surface area contributed by atoms with Crippen molar-refractivity contribution >= 4 is 69.2 Å². The van der Waals surface area contributed by atoms with Gasteiger partial charge in [-0.15, -0.1) is 0 Å². The van der Waals surface area contributed by atoms with Crippen molar-refractivity contribution in [1.29, 1.82) is 0 Å². The van der Waals surface area contributed by atoms with E-state index in [1.54, 1.807) is 0 Å². The fraction of sp³-hybridized carbons (Fsp3) is 0.0385. The first-order valence-corrected chi connectivity index (χ1v) is 18.5. The highest BCUT2D eigenvalue weighted by Crippen LogP contribution is 2.45. The third kappa shape index (κ3) is 7.65. The zero-order chi connectivity index (χ0) is 36.7. The molecule has 0 spiro atoms. The molecule has 0 unspecified atom stereocenters. The molecule has 0 heterocycles. The molecule has 54 heavy (non-hydrogen) atoms. The molecule has 0 bridgehead atoms. The average molecular weight is 695 g/mol. The molecular formula is C52H42N2. The molecule has 2 heteroatoms. The van der Waals surface area contributed by atoms with Crippen LogP contribution in [0.4, 0.5) is 34.1 Å². The zero-order valence-corrected chi connectivity index (χ0v) is 30.7. The van der Waals surface area contributed by atoms with Gasteiger partial charge >= 0.3 is 0 Å². The second-order valence-electron chi connectivity index (χ2n) is 13.7. The predicted molar refractivity (Wildman–Crippen MR) is 234 cm³/mol. The van der Waals surface area contributed by atoms with Gasteiger partial charge in [-0.3, -0.25) is 0 Å². The van der Waals surface area contributed by atoms with Crippen LogP contribution in [0.2, 0.25) is 0 Å². The quantitative estimate of drug-likeness (QED) is 0.132. The van der Waals surface area contributed by atoms with Crippen LogP contribution in [0.15, 0.2) is 194 Å². The molecule has 0 amide bonds. The number of rotatable bonds is 10. The third-order valence-corrected chi connectivity index (χ3v) is 9.78. The van der Waals surface area contributed by atoms with E-state index in [4.69, 9.17) is 0 Å². The minimum Gasteiger partial charge on any atom is -0.310 e. The van der Waals surface area contributed by atoms with Gasteiger partial charge in [0.25, 0.3) is 0 Å². The van der Waals surface area contributed by atoms with Gasteiger partial charge in [0.1, 0.15) is 0 Å². The van der Waals surface area contributed by atoms with Gasteiger partial charge in [0, 0.05) is 33.5 Å². The second kappa shape index (κ2) is 15.8. The van der Waals surface area contributed by atoms with E-state index in [1.807, 2.05) is 12.1 Å². The normalized spacial score (nSPS) is 11.4. The van der Waals surface area contributed by atoms with Crippen LogP contribution in [-0.2, 0) is 0 Å². The Morgan fingerprint density at radius 1 is 0.278 bits per heavy atom. The highest BCUT2D eigenvalue weighted by molar-refractivity contribution is 6.07. The van der Waals surface area contributed by atoms with E-state index in [0.717, 1.165) is 45.3 Å². The average Bonchev–Trinajstić information content (AvgIpc) is 3.23. The summed E-state index contributed by atoms with van der Waals surface area (Å²) in [6, 6.07) is 69.5. The van der Waals surface area contributed by atoms with Crippen molar-refractivity contribution in [3.05, 3.63) is 228 Å². The minimum atomic E-state index is 1.10. The lowest BCUT2D eigenvalue weighted by atomic mass is 10.0. The van der Waals surface area contributed by atoms with Crippen LogP contribution in [-0.4, -0.2) is 0 Å². The van der Waals surface area contributed by atoms with Crippen molar-refractivity contribution in [2.24, 2.45) is 0 Å². The number of benzene rings is 8. The van der Waals surface area contributed by atoms with Gasteiger partial charge in [-0.1, -0.05) is 169 Å². The Bertz CT molecular complexity index is 2330. The minimum absolute atomic E-state index is 1.10. The second-order valence-corrected chi connectivity index (χ2v) is 13.7. The number of hydrogen-bond donors (Lipinski definition) is 0. The summed E-state index contributed by atoms with van der Waals surface area (Å²) in [5.41, 5.74) is 13.8. The van der Waals surface area contributed by atoms with Crippen LogP contribution >= 0.6 is 0 Å². The van der Waals surface area contributed by atoms with Gasteiger partial charge in [-0.25, -0.2) is 0 Å². The van der Waals surface area contributed by atoms with E-state index in [2.05, 4.69) is 230 Å². The fourth-order valence-corrected chi connectivity index (χ4v) is 6.88. The Morgan fingerprint density at radius 2 is 0.556 bits per heavy atom. The van der Waals surface area contributed by atoms with Crippen LogP contribution < -0.4 is 9.80 Å². The maximum absolute atomic E-state index is 2.38. The molecule has 260 valence electrons. The SMILES string of the molecule is Cc1ccc(N(c2ccc(C=Cc3ccccc3)cc2)c2ccc(N(c3ccc(C)cc3)c3ccc(C=Cc4ccccc4)cc3)c3ccccc23)cc1. The lowest BCUT2D eigenvalue weighted by Gasteiger charge is -2.30. The lowest BCUT2D eigenvalue weighted by molar-refractivity contribution is 1.27. The maximum atomic E-state index is 2.38. The first-order chi connectivity index (χ1) is 26.6. The van der Waals surface area contributed by atoms with Gasteiger partial charge in [0.2, 0.25) is 0 Å². The largest absolute Gasteiger partial charge is 0.310 e. The standard InChI is InChI=1S/C52H42N2/c1-39-17-29-45(30-18-39)53(47-33-25-43(26-34-47)23-21-41-11-5-3-6-12-41)51-37-38-52(50-16-10-9-15-49(50)51)54(46-31-19-40(2)20-32-46)48-35-27-44(28-36-48)24-22-42-13-7-4-8-14-42/h3-38H,1-2H3. The molecule has 8 aromatic carbocycles.